The molecule has 0 saturated heterocycles. The van der Waals surface area contributed by atoms with Crippen LogP contribution in [0.1, 0.15) is 48.3 Å². The molecule has 212 valence electrons. The predicted octanol–water partition coefficient (Wildman–Crippen LogP) is 6.31. The maximum Gasteiger partial charge on any atom is 0.256 e. The van der Waals surface area contributed by atoms with Crippen molar-refractivity contribution in [2.75, 3.05) is 31.5 Å². The molecule has 0 atom stereocenters. The van der Waals surface area contributed by atoms with E-state index in [9.17, 15) is 9.59 Å². The molecule has 0 saturated carbocycles. The second-order valence-electron chi connectivity index (χ2n) is 10.3. The average Bonchev–Trinajstić information content (AvgIpc) is 3.67. The Hall–Kier alpha value is -4.01. The SMILES string of the molecule is CCN(CC)CCNC(=O)CCc1c(C)[nH]c(C=C2C(=O)Nc3ccc(-c4csc(-c5ccccc5)n4)cc32)c1C. The van der Waals surface area contributed by atoms with Gasteiger partial charge in [0, 0.05) is 58.7 Å². The van der Waals surface area contributed by atoms with Crippen molar-refractivity contribution in [3.05, 3.63) is 82.0 Å². The number of likely N-dealkylation sites (N-methyl/N-ethyl adjacent to an activating group) is 1. The molecule has 0 radical (unpaired) electrons. The van der Waals surface area contributed by atoms with E-state index in [0.717, 1.165) is 75.2 Å². The number of anilines is 1. The number of nitrogens with zero attached hydrogens (tertiary/aromatic N) is 2. The third kappa shape index (κ3) is 6.34. The van der Waals surface area contributed by atoms with Crippen LogP contribution < -0.4 is 10.6 Å². The fourth-order valence-corrected chi connectivity index (χ4v) is 6.14. The van der Waals surface area contributed by atoms with Gasteiger partial charge in [-0.15, -0.1) is 11.3 Å². The van der Waals surface area contributed by atoms with Crippen molar-refractivity contribution >= 4 is 40.5 Å². The molecule has 2 aromatic carbocycles. The van der Waals surface area contributed by atoms with Gasteiger partial charge in [0.05, 0.1) is 11.3 Å². The molecule has 3 N–H and O–H groups in total. The Balaban J connectivity index is 1.32. The molecule has 0 aliphatic carbocycles. The van der Waals surface area contributed by atoms with Crippen molar-refractivity contribution in [3.8, 4) is 21.8 Å². The first kappa shape index (κ1) is 28.5. The molecule has 0 fully saturated rings. The molecule has 8 heteroatoms. The van der Waals surface area contributed by atoms with Gasteiger partial charge in [0.2, 0.25) is 5.91 Å². The summed E-state index contributed by atoms with van der Waals surface area (Å²) >= 11 is 1.61. The van der Waals surface area contributed by atoms with E-state index in [0.29, 0.717) is 25.0 Å². The monoisotopic (exact) mass is 567 g/mol. The fraction of sp³-hybridized carbons (Fsp3) is 0.303. The molecule has 41 heavy (non-hydrogen) atoms. The van der Waals surface area contributed by atoms with Gasteiger partial charge in [0.25, 0.3) is 5.91 Å². The number of aromatic nitrogens is 2. The van der Waals surface area contributed by atoms with E-state index < -0.39 is 0 Å². The molecule has 0 bridgehead atoms. The van der Waals surface area contributed by atoms with Crippen LogP contribution in [-0.2, 0) is 16.0 Å². The van der Waals surface area contributed by atoms with Crippen LogP contribution in [0.5, 0.6) is 0 Å². The summed E-state index contributed by atoms with van der Waals surface area (Å²) < 4.78 is 0. The van der Waals surface area contributed by atoms with Crippen LogP contribution >= 0.6 is 11.3 Å². The zero-order chi connectivity index (χ0) is 28.9. The van der Waals surface area contributed by atoms with Crippen molar-refractivity contribution in [2.45, 2.75) is 40.5 Å². The first-order valence-electron chi connectivity index (χ1n) is 14.2. The van der Waals surface area contributed by atoms with Gasteiger partial charge in [-0.05, 0) is 62.7 Å². The number of thiazole rings is 1. The molecular weight excluding hydrogens is 530 g/mol. The molecule has 3 heterocycles. The van der Waals surface area contributed by atoms with E-state index in [2.05, 4.69) is 51.9 Å². The van der Waals surface area contributed by atoms with Crippen LogP contribution in [0.2, 0.25) is 0 Å². The number of H-pyrrole nitrogens is 1. The van der Waals surface area contributed by atoms with Gasteiger partial charge in [-0.1, -0.05) is 50.2 Å². The van der Waals surface area contributed by atoms with E-state index >= 15 is 0 Å². The number of nitrogens with one attached hydrogen (secondary N) is 3. The first-order valence-corrected chi connectivity index (χ1v) is 15.1. The minimum absolute atomic E-state index is 0.0612. The molecule has 5 rings (SSSR count). The van der Waals surface area contributed by atoms with Gasteiger partial charge in [-0.3, -0.25) is 9.59 Å². The maximum atomic E-state index is 13.0. The maximum absolute atomic E-state index is 13.0. The summed E-state index contributed by atoms with van der Waals surface area (Å²) in [5.74, 6) is -0.0627. The lowest BCUT2D eigenvalue weighted by atomic mass is 10.00. The lowest BCUT2D eigenvalue weighted by molar-refractivity contribution is -0.121. The minimum atomic E-state index is -0.124. The highest BCUT2D eigenvalue weighted by molar-refractivity contribution is 7.13. The van der Waals surface area contributed by atoms with Gasteiger partial charge >= 0.3 is 0 Å². The van der Waals surface area contributed by atoms with Gasteiger partial charge in [-0.25, -0.2) is 4.98 Å². The Labute approximate surface area is 245 Å². The summed E-state index contributed by atoms with van der Waals surface area (Å²) in [4.78, 5) is 36.1. The van der Waals surface area contributed by atoms with Gasteiger partial charge < -0.3 is 20.5 Å². The van der Waals surface area contributed by atoms with E-state index in [4.69, 9.17) is 4.98 Å². The molecular formula is C33H37N5O2S. The van der Waals surface area contributed by atoms with Crippen molar-refractivity contribution in [3.63, 3.8) is 0 Å². The highest BCUT2D eigenvalue weighted by Gasteiger charge is 2.26. The number of aromatic amines is 1. The number of hydrogen-bond donors (Lipinski definition) is 3. The smallest absolute Gasteiger partial charge is 0.256 e. The second kappa shape index (κ2) is 12.7. The number of hydrogen-bond acceptors (Lipinski definition) is 5. The third-order valence-corrected chi connectivity index (χ3v) is 8.68. The number of amides is 2. The summed E-state index contributed by atoms with van der Waals surface area (Å²) in [5.41, 5.74) is 9.33. The Kier molecular flexibility index (Phi) is 8.81. The summed E-state index contributed by atoms with van der Waals surface area (Å²) in [5, 5.41) is 9.07. The van der Waals surface area contributed by atoms with Crippen molar-refractivity contribution in [1.82, 2.24) is 20.2 Å². The van der Waals surface area contributed by atoms with Gasteiger partial charge in [0.15, 0.2) is 0 Å². The molecule has 1 aliphatic rings. The largest absolute Gasteiger partial charge is 0.359 e. The molecule has 0 spiro atoms. The molecule has 2 aromatic heterocycles. The average molecular weight is 568 g/mol. The fourth-order valence-electron chi connectivity index (χ4n) is 5.31. The van der Waals surface area contributed by atoms with E-state index in [1.54, 1.807) is 11.3 Å². The van der Waals surface area contributed by atoms with Crippen LogP contribution in [0.4, 0.5) is 5.69 Å². The van der Waals surface area contributed by atoms with Crippen molar-refractivity contribution in [1.29, 1.82) is 0 Å². The second-order valence-corrected chi connectivity index (χ2v) is 11.2. The lowest BCUT2D eigenvalue weighted by Crippen LogP contribution is -2.34. The van der Waals surface area contributed by atoms with Crippen LogP contribution in [0, 0.1) is 13.8 Å². The third-order valence-electron chi connectivity index (χ3n) is 7.79. The zero-order valence-electron chi connectivity index (χ0n) is 24.1. The van der Waals surface area contributed by atoms with Crippen LogP contribution in [0.25, 0.3) is 33.5 Å². The Bertz CT molecular complexity index is 1580. The van der Waals surface area contributed by atoms with Crippen molar-refractivity contribution < 1.29 is 9.59 Å². The van der Waals surface area contributed by atoms with Crippen LogP contribution in [-0.4, -0.2) is 52.9 Å². The number of carbonyl (C=O) groups excluding carboxylic acids is 2. The summed E-state index contributed by atoms with van der Waals surface area (Å²) in [6.45, 7) is 11.8. The highest BCUT2D eigenvalue weighted by Crippen LogP contribution is 2.38. The standard InChI is InChI=1S/C33H37N5O2S/c1-5-38(6-2)17-16-34-31(39)15-13-25-21(3)29(35-22(25)4)19-27-26-18-24(12-14-28(26)36-32(27)40)30-20-41-33(37-30)23-10-8-7-9-11-23/h7-12,14,18-20,35H,5-6,13,15-17H2,1-4H3,(H,34,39)(H,36,40). The van der Waals surface area contributed by atoms with Crippen molar-refractivity contribution in [2.24, 2.45) is 0 Å². The van der Waals surface area contributed by atoms with Crippen LogP contribution in [0.3, 0.4) is 0 Å². The predicted molar refractivity (Wildman–Crippen MR) is 169 cm³/mol. The lowest BCUT2D eigenvalue weighted by Gasteiger charge is -2.17. The summed E-state index contributed by atoms with van der Waals surface area (Å²) in [6.07, 6.45) is 3.01. The van der Waals surface area contributed by atoms with Gasteiger partial charge in [0.1, 0.15) is 5.01 Å². The highest BCUT2D eigenvalue weighted by atomic mass is 32.1. The quantitative estimate of drug-likeness (QED) is 0.185. The minimum Gasteiger partial charge on any atom is -0.359 e. The first-order chi connectivity index (χ1) is 19.9. The van der Waals surface area contributed by atoms with Gasteiger partial charge in [-0.2, -0.15) is 0 Å². The number of aryl methyl sites for hydroxylation is 1. The van der Waals surface area contributed by atoms with E-state index in [-0.39, 0.29) is 11.8 Å². The molecule has 7 nitrogen and oxygen atoms in total. The Morgan fingerprint density at radius 2 is 1.85 bits per heavy atom. The van der Waals surface area contributed by atoms with E-state index in [1.165, 1.54) is 0 Å². The number of benzene rings is 2. The molecule has 1 aliphatic heterocycles. The summed E-state index contributed by atoms with van der Waals surface area (Å²) in [7, 11) is 0. The van der Waals surface area contributed by atoms with Crippen LogP contribution in [0.15, 0.2) is 53.9 Å². The Morgan fingerprint density at radius 1 is 1.07 bits per heavy atom. The zero-order valence-corrected chi connectivity index (χ0v) is 25.0. The van der Waals surface area contributed by atoms with E-state index in [1.807, 2.05) is 56.3 Å². The number of rotatable bonds is 11. The number of fused-ring (bicyclic) bond motifs is 1. The molecule has 4 aromatic rings. The Morgan fingerprint density at radius 3 is 2.61 bits per heavy atom. The molecule has 2 amide bonds. The summed E-state index contributed by atoms with van der Waals surface area (Å²) in [6, 6.07) is 16.1. The molecule has 0 unspecified atom stereocenters. The topological polar surface area (TPSA) is 90.1 Å². The number of carbonyl (C=O) groups is 2. The normalized spacial score (nSPS) is 13.6.